The Kier molecular flexibility index (Phi) is 6.02. The molecule has 21 heavy (non-hydrogen) atoms. The first-order valence-corrected chi connectivity index (χ1v) is 9.25. The summed E-state index contributed by atoms with van der Waals surface area (Å²) >= 11 is 0. The van der Waals surface area contributed by atoms with E-state index in [0.717, 1.165) is 19.6 Å². The lowest BCUT2D eigenvalue weighted by Crippen LogP contribution is -2.36. The van der Waals surface area contributed by atoms with Crippen LogP contribution in [-0.4, -0.2) is 39.5 Å². The van der Waals surface area contributed by atoms with Crippen molar-refractivity contribution < 1.29 is 8.42 Å². The van der Waals surface area contributed by atoms with Gasteiger partial charge in [-0.1, -0.05) is 31.0 Å². The molecule has 5 nitrogen and oxygen atoms in total. The van der Waals surface area contributed by atoms with Crippen molar-refractivity contribution in [3.63, 3.8) is 0 Å². The molecule has 1 aliphatic heterocycles. The molecular formula is C15H25N3O2S. The lowest BCUT2D eigenvalue weighted by Gasteiger charge is -2.19. The van der Waals surface area contributed by atoms with Crippen LogP contribution in [0.4, 0.5) is 5.69 Å². The summed E-state index contributed by atoms with van der Waals surface area (Å²) in [7, 11) is -3.32. The number of hydrogen-bond acceptors (Lipinski definition) is 4. The van der Waals surface area contributed by atoms with Gasteiger partial charge < -0.3 is 10.6 Å². The molecule has 1 aliphatic rings. The van der Waals surface area contributed by atoms with Crippen molar-refractivity contribution in [2.24, 2.45) is 0 Å². The Labute approximate surface area is 127 Å². The summed E-state index contributed by atoms with van der Waals surface area (Å²) in [4.78, 5) is 2.34. The molecule has 118 valence electrons. The van der Waals surface area contributed by atoms with Crippen molar-refractivity contribution in [2.45, 2.75) is 31.4 Å². The van der Waals surface area contributed by atoms with E-state index in [1.807, 2.05) is 0 Å². The Morgan fingerprint density at radius 2 is 1.76 bits per heavy atom. The van der Waals surface area contributed by atoms with E-state index in [4.69, 9.17) is 5.73 Å². The van der Waals surface area contributed by atoms with Crippen molar-refractivity contribution >= 4 is 15.7 Å². The lowest BCUT2D eigenvalue weighted by atomic mass is 10.2. The SMILES string of the molecule is Nc1ccccc1CS(=O)(=O)NCCN1CCCCCC1. The molecule has 0 spiro atoms. The second kappa shape index (κ2) is 7.77. The third kappa shape index (κ3) is 5.65. The molecule has 0 atom stereocenters. The highest BCUT2D eigenvalue weighted by Crippen LogP contribution is 2.13. The van der Waals surface area contributed by atoms with Gasteiger partial charge in [-0.15, -0.1) is 0 Å². The van der Waals surface area contributed by atoms with Crippen molar-refractivity contribution in [1.82, 2.24) is 9.62 Å². The molecule has 1 aromatic carbocycles. The molecule has 0 unspecified atom stereocenters. The molecule has 0 aromatic heterocycles. The van der Waals surface area contributed by atoms with Gasteiger partial charge in [-0.2, -0.15) is 0 Å². The minimum Gasteiger partial charge on any atom is -0.398 e. The minimum atomic E-state index is -3.32. The number of nitrogens with two attached hydrogens (primary N) is 1. The Hall–Kier alpha value is -1.11. The third-order valence-corrected chi connectivity index (χ3v) is 5.18. The zero-order valence-corrected chi connectivity index (χ0v) is 13.2. The molecule has 0 saturated carbocycles. The van der Waals surface area contributed by atoms with Crippen LogP contribution in [0.15, 0.2) is 24.3 Å². The summed E-state index contributed by atoms with van der Waals surface area (Å²) in [6.07, 6.45) is 5.01. The van der Waals surface area contributed by atoms with Crippen LogP contribution in [-0.2, 0) is 15.8 Å². The van der Waals surface area contributed by atoms with Gasteiger partial charge in [0.15, 0.2) is 0 Å². The Morgan fingerprint density at radius 1 is 1.10 bits per heavy atom. The van der Waals surface area contributed by atoms with Gasteiger partial charge in [0.2, 0.25) is 10.0 Å². The Balaban J connectivity index is 1.80. The van der Waals surface area contributed by atoms with E-state index in [-0.39, 0.29) is 5.75 Å². The van der Waals surface area contributed by atoms with Crippen LogP contribution in [0.2, 0.25) is 0 Å². The number of para-hydroxylation sites is 1. The fourth-order valence-electron chi connectivity index (χ4n) is 2.64. The van der Waals surface area contributed by atoms with E-state index >= 15 is 0 Å². The van der Waals surface area contributed by atoms with Gasteiger partial charge in [-0.3, -0.25) is 0 Å². The fraction of sp³-hybridized carbons (Fsp3) is 0.600. The molecule has 6 heteroatoms. The molecule has 1 fully saturated rings. The summed E-state index contributed by atoms with van der Waals surface area (Å²) in [5.74, 6) is -0.0559. The molecule has 0 bridgehead atoms. The standard InChI is InChI=1S/C15H25N3O2S/c16-15-8-4-3-7-14(15)13-21(19,20)17-9-12-18-10-5-1-2-6-11-18/h3-4,7-8,17H,1-2,5-6,9-13,16H2. The lowest BCUT2D eigenvalue weighted by molar-refractivity contribution is 0.290. The highest BCUT2D eigenvalue weighted by molar-refractivity contribution is 7.88. The van der Waals surface area contributed by atoms with Crippen LogP contribution in [0.1, 0.15) is 31.2 Å². The van der Waals surface area contributed by atoms with Crippen molar-refractivity contribution in [3.05, 3.63) is 29.8 Å². The highest BCUT2D eigenvalue weighted by atomic mass is 32.2. The number of rotatable bonds is 6. The molecule has 0 aliphatic carbocycles. The molecule has 3 N–H and O–H groups in total. The number of benzene rings is 1. The summed E-state index contributed by atoms with van der Waals surface area (Å²) in [5, 5.41) is 0. The second-order valence-corrected chi connectivity index (χ2v) is 7.41. The van der Waals surface area contributed by atoms with Crippen LogP contribution in [0.3, 0.4) is 0 Å². The average molecular weight is 311 g/mol. The topological polar surface area (TPSA) is 75.4 Å². The summed E-state index contributed by atoms with van der Waals surface area (Å²) < 4.78 is 26.8. The number of hydrogen-bond donors (Lipinski definition) is 2. The largest absolute Gasteiger partial charge is 0.398 e. The summed E-state index contributed by atoms with van der Waals surface area (Å²) in [6.45, 7) is 3.40. The predicted molar refractivity (Wildman–Crippen MR) is 86.4 cm³/mol. The molecular weight excluding hydrogens is 286 g/mol. The smallest absolute Gasteiger partial charge is 0.215 e. The monoisotopic (exact) mass is 311 g/mol. The zero-order valence-electron chi connectivity index (χ0n) is 12.4. The minimum absolute atomic E-state index is 0.0559. The highest BCUT2D eigenvalue weighted by Gasteiger charge is 2.14. The number of likely N-dealkylation sites (tertiary alicyclic amines) is 1. The van der Waals surface area contributed by atoms with Crippen molar-refractivity contribution in [1.29, 1.82) is 0 Å². The number of nitrogen functional groups attached to an aromatic ring is 1. The predicted octanol–water partition coefficient (Wildman–Crippen LogP) is 1.56. The van der Waals surface area contributed by atoms with E-state index in [2.05, 4.69) is 9.62 Å². The maximum atomic E-state index is 12.1. The quantitative estimate of drug-likeness (QED) is 0.782. The molecule has 1 aromatic rings. The number of anilines is 1. The zero-order chi connectivity index (χ0) is 15.1. The summed E-state index contributed by atoms with van der Waals surface area (Å²) in [6, 6.07) is 7.09. The van der Waals surface area contributed by atoms with E-state index in [1.165, 1.54) is 25.7 Å². The van der Waals surface area contributed by atoms with Crippen LogP contribution >= 0.6 is 0 Å². The van der Waals surface area contributed by atoms with Crippen LogP contribution in [0, 0.1) is 0 Å². The van der Waals surface area contributed by atoms with Gasteiger partial charge in [0.25, 0.3) is 0 Å². The van der Waals surface area contributed by atoms with Gasteiger partial charge in [0.1, 0.15) is 0 Å². The fourth-order valence-corrected chi connectivity index (χ4v) is 3.82. The van der Waals surface area contributed by atoms with Crippen molar-refractivity contribution in [3.8, 4) is 0 Å². The molecule has 0 radical (unpaired) electrons. The van der Waals surface area contributed by atoms with E-state index in [0.29, 0.717) is 17.8 Å². The first-order chi connectivity index (χ1) is 10.1. The first kappa shape index (κ1) is 16.3. The summed E-state index contributed by atoms with van der Waals surface area (Å²) in [5.41, 5.74) is 6.97. The number of nitrogens with zero attached hydrogens (tertiary/aromatic N) is 1. The second-order valence-electron chi connectivity index (χ2n) is 5.61. The molecule has 2 rings (SSSR count). The first-order valence-electron chi connectivity index (χ1n) is 7.60. The third-order valence-electron chi connectivity index (χ3n) is 3.85. The maximum absolute atomic E-state index is 12.1. The normalized spacial score (nSPS) is 17.5. The van der Waals surface area contributed by atoms with Crippen molar-refractivity contribution in [2.75, 3.05) is 31.9 Å². The number of nitrogens with one attached hydrogen (secondary N) is 1. The maximum Gasteiger partial charge on any atom is 0.215 e. The van der Waals surface area contributed by atoms with Gasteiger partial charge in [-0.05, 0) is 37.6 Å². The van der Waals surface area contributed by atoms with Gasteiger partial charge in [-0.25, -0.2) is 13.1 Å². The van der Waals surface area contributed by atoms with Crippen LogP contribution < -0.4 is 10.5 Å². The average Bonchev–Trinajstić information content (AvgIpc) is 2.70. The Bertz CT molecular complexity index is 538. The van der Waals surface area contributed by atoms with Crippen LogP contribution in [0.25, 0.3) is 0 Å². The molecule has 1 heterocycles. The molecule has 1 saturated heterocycles. The van der Waals surface area contributed by atoms with Crippen LogP contribution in [0.5, 0.6) is 0 Å². The van der Waals surface area contributed by atoms with E-state index in [9.17, 15) is 8.42 Å². The van der Waals surface area contributed by atoms with Gasteiger partial charge >= 0.3 is 0 Å². The van der Waals surface area contributed by atoms with Gasteiger partial charge in [0, 0.05) is 18.8 Å². The Morgan fingerprint density at radius 3 is 2.43 bits per heavy atom. The van der Waals surface area contributed by atoms with E-state index in [1.54, 1.807) is 24.3 Å². The van der Waals surface area contributed by atoms with Gasteiger partial charge in [0.05, 0.1) is 5.75 Å². The molecule has 0 amide bonds. The van der Waals surface area contributed by atoms with E-state index < -0.39 is 10.0 Å². The number of sulfonamides is 1.